The van der Waals surface area contributed by atoms with Gasteiger partial charge >= 0.3 is 9.24 Å². The van der Waals surface area contributed by atoms with Gasteiger partial charge in [0.1, 0.15) is 0 Å². The number of fused-ring (bicyclic) bond motifs is 8. The summed E-state index contributed by atoms with van der Waals surface area (Å²) in [4.78, 5) is 12.0. The van der Waals surface area contributed by atoms with Crippen molar-refractivity contribution in [2.24, 2.45) is 5.92 Å². The molecule has 18 heavy (non-hydrogen) atoms. The Kier molecular flexibility index (Phi) is 1.85. The summed E-state index contributed by atoms with van der Waals surface area (Å²) in [6.07, 6.45) is 0.864. The third-order valence-corrected chi connectivity index (χ3v) is 5.86. The van der Waals surface area contributed by atoms with E-state index in [0.29, 0.717) is 0 Å². The lowest BCUT2D eigenvalue weighted by Gasteiger charge is -2.47. The number of benzene rings is 1. The molecule has 1 amide bonds. The van der Waals surface area contributed by atoms with Crippen LogP contribution in [0.25, 0.3) is 0 Å². The smallest absolute Gasteiger partial charge is 0.273 e. The molecule has 3 aliphatic rings. The summed E-state index contributed by atoms with van der Waals surface area (Å²) < 4.78 is 23.7. The molecule has 1 saturated carbocycles. The fourth-order valence-corrected chi connectivity index (χ4v) is 5.34. The van der Waals surface area contributed by atoms with Crippen molar-refractivity contribution >= 4 is 25.8 Å². The molecule has 4 atom stereocenters. The van der Waals surface area contributed by atoms with Crippen LogP contribution in [0.1, 0.15) is 29.4 Å². The Morgan fingerprint density at radius 3 is 2.39 bits per heavy atom. The highest BCUT2D eigenvalue weighted by Crippen LogP contribution is 2.62. The van der Waals surface area contributed by atoms with Crippen LogP contribution in [0, 0.1) is 5.92 Å². The Morgan fingerprint density at radius 2 is 1.78 bits per heavy atom. The monoisotopic (exact) mass is 283 g/mol. The normalized spacial score (nSPS) is 36.3. The van der Waals surface area contributed by atoms with Gasteiger partial charge in [0.15, 0.2) is 0 Å². The second-order valence-corrected chi connectivity index (χ2v) is 7.56. The zero-order valence-electron chi connectivity index (χ0n) is 9.28. The first-order valence-electron chi connectivity index (χ1n) is 5.87. The van der Waals surface area contributed by atoms with E-state index in [1.54, 1.807) is 0 Å². The van der Waals surface area contributed by atoms with Gasteiger partial charge in [-0.15, -0.1) is 0 Å². The molecule has 2 bridgehead atoms. The number of halogens is 1. The summed E-state index contributed by atoms with van der Waals surface area (Å²) in [6, 6.07) is 7.74. The van der Waals surface area contributed by atoms with E-state index >= 15 is 0 Å². The van der Waals surface area contributed by atoms with E-state index in [-0.39, 0.29) is 29.7 Å². The minimum atomic E-state index is -3.94. The van der Waals surface area contributed by atoms with E-state index < -0.39 is 9.24 Å². The average Bonchev–Trinajstić information content (AvgIpc) is 2.79. The summed E-state index contributed by atoms with van der Waals surface area (Å²) >= 11 is 0. The van der Waals surface area contributed by atoms with Crippen LogP contribution in [0.15, 0.2) is 24.3 Å². The molecule has 94 valence electrons. The third-order valence-electron chi connectivity index (χ3n) is 4.52. The van der Waals surface area contributed by atoms with Crippen molar-refractivity contribution in [2.45, 2.75) is 24.3 Å². The van der Waals surface area contributed by atoms with E-state index in [9.17, 15) is 13.2 Å². The number of nitrogens with zero attached hydrogens (tertiary/aromatic N) is 1. The number of amides is 1. The molecular weight excluding hydrogens is 274 g/mol. The van der Waals surface area contributed by atoms with Crippen molar-refractivity contribution in [3.63, 3.8) is 0 Å². The molecular formula is C12H10ClNO3S. The number of hydrogen-bond acceptors (Lipinski definition) is 3. The van der Waals surface area contributed by atoms with Crippen LogP contribution in [0.2, 0.25) is 0 Å². The summed E-state index contributed by atoms with van der Waals surface area (Å²) in [5.41, 5.74) is 2.39. The minimum Gasteiger partial charge on any atom is -0.273 e. The molecule has 1 aromatic carbocycles. The Bertz CT molecular complexity index is 672. The van der Waals surface area contributed by atoms with Crippen molar-refractivity contribution in [1.82, 2.24) is 4.31 Å². The minimum absolute atomic E-state index is 0.127. The SMILES string of the molecule is O=C1[C@H]2[C@@H]([C@H]3C[C@@H]2c2ccccc23)N1S(=O)(=O)Cl. The zero-order chi connectivity index (χ0) is 12.7. The molecule has 0 aromatic heterocycles. The van der Waals surface area contributed by atoms with Crippen LogP contribution in [0.5, 0.6) is 0 Å². The van der Waals surface area contributed by atoms with Crippen LogP contribution in [0.3, 0.4) is 0 Å². The maximum absolute atomic E-state index is 12.0. The first-order valence-corrected chi connectivity index (χ1v) is 8.13. The fraction of sp³-hybridized carbons (Fsp3) is 0.417. The summed E-state index contributed by atoms with van der Waals surface area (Å²) in [5.74, 6) is -0.212. The van der Waals surface area contributed by atoms with Gasteiger partial charge in [-0.1, -0.05) is 24.3 Å². The average molecular weight is 284 g/mol. The molecule has 4 rings (SSSR count). The van der Waals surface area contributed by atoms with Crippen molar-refractivity contribution in [1.29, 1.82) is 0 Å². The van der Waals surface area contributed by atoms with Crippen LogP contribution in [-0.2, 0) is 14.0 Å². The van der Waals surface area contributed by atoms with Crippen LogP contribution >= 0.6 is 10.7 Å². The van der Waals surface area contributed by atoms with Gasteiger partial charge < -0.3 is 0 Å². The quantitative estimate of drug-likeness (QED) is 0.581. The highest BCUT2D eigenvalue weighted by Gasteiger charge is 2.66. The molecule has 0 radical (unpaired) electrons. The first kappa shape index (κ1) is 10.8. The molecule has 0 spiro atoms. The summed E-state index contributed by atoms with van der Waals surface area (Å²) in [7, 11) is 1.40. The van der Waals surface area contributed by atoms with E-state index in [4.69, 9.17) is 10.7 Å². The molecule has 0 N–H and O–H groups in total. The van der Waals surface area contributed by atoms with E-state index in [0.717, 1.165) is 10.7 Å². The fourth-order valence-electron chi connectivity index (χ4n) is 3.96. The second-order valence-electron chi connectivity index (χ2n) is 5.17. The molecule has 1 heterocycles. The molecule has 1 aromatic rings. The number of rotatable bonds is 1. The van der Waals surface area contributed by atoms with Gasteiger partial charge in [0.05, 0.1) is 12.0 Å². The van der Waals surface area contributed by atoms with E-state index in [2.05, 4.69) is 0 Å². The highest BCUT2D eigenvalue weighted by molar-refractivity contribution is 8.12. The Morgan fingerprint density at radius 1 is 1.17 bits per heavy atom. The van der Waals surface area contributed by atoms with Crippen LogP contribution in [0.4, 0.5) is 0 Å². The maximum Gasteiger partial charge on any atom is 0.324 e. The predicted octanol–water partition coefficient (Wildman–Crippen LogP) is 1.58. The number of carbonyl (C=O) groups excluding carboxylic acids is 1. The van der Waals surface area contributed by atoms with Gasteiger partial charge in [0, 0.05) is 16.6 Å². The molecule has 4 nitrogen and oxygen atoms in total. The third kappa shape index (κ3) is 1.07. The predicted molar refractivity (Wildman–Crippen MR) is 65.4 cm³/mol. The highest BCUT2D eigenvalue weighted by atomic mass is 35.7. The number of β-lactam (4-membered cyclic amide) rings is 1. The van der Waals surface area contributed by atoms with Crippen LogP contribution in [-0.4, -0.2) is 24.7 Å². The zero-order valence-corrected chi connectivity index (χ0v) is 10.9. The van der Waals surface area contributed by atoms with Gasteiger partial charge in [0.2, 0.25) is 5.91 Å². The maximum atomic E-state index is 12.0. The molecule has 6 heteroatoms. The topological polar surface area (TPSA) is 54.5 Å². The van der Waals surface area contributed by atoms with Crippen molar-refractivity contribution < 1.29 is 13.2 Å². The molecule has 1 aliphatic heterocycles. The lowest BCUT2D eigenvalue weighted by Crippen LogP contribution is -2.63. The molecule has 2 fully saturated rings. The molecule has 2 aliphatic carbocycles. The Balaban J connectivity index is 1.84. The van der Waals surface area contributed by atoms with Gasteiger partial charge in [-0.3, -0.25) is 4.79 Å². The van der Waals surface area contributed by atoms with E-state index in [1.165, 1.54) is 11.1 Å². The summed E-state index contributed by atoms with van der Waals surface area (Å²) in [6.45, 7) is 0. The van der Waals surface area contributed by atoms with Gasteiger partial charge in [-0.25, -0.2) is 4.31 Å². The number of carbonyl (C=O) groups is 1. The first-order chi connectivity index (χ1) is 8.50. The summed E-state index contributed by atoms with van der Waals surface area (Å²) in [5, 5.41) is 0. The number of hydrogen-bond donors (Lipinski definition) is 0. The standard InChI is InChI=1S/C12H10ClNO3S/c13-18(16,17)14-11-9-5-8(10(11)12(14)15)6-3-1-2-4-7(6)9/h1-4,8-11H,5H2/t8-,9+,10-,11-/m1/s1. The largest absolute Gasteiger partial charge is 0.324 e. The van der Waals surface area contributed by atoms with Crippen molar-refractivity contribution in [3.8, 4) is 0 Å². The Hall–Kier alpha value is -1.07. The molecule has 0 unspecified atom stereocenters. The van der Waals surface area contributed by atoms with Crippen molar-refractivity contribution in [2.75, 3.05) is 0 Å². The van der Waals surface area contributed by atoms with Crippen LogP contribution < -0.4 is 0 Å². The Labute approximate surface area is 109 Å². The van der Waals surface area contributed by atoms with Gasteiger partial charge in [-0.2, -0.15) is 8.42 Å². The van der Waals surface area contributed by atoms with E-state index in [1.807, 2.05) is 24.3 Å². The van der Waals surface area contributed by atoms with Crippen molar-refractivity contribution in [3.05, 3.63) is 35.4 Å². The molecule has 1 saturated heterocycles. The second kappa shape index (κ2) is 3.08. The van der Waals surface area contributed by atoms with Gasteiger partial charge in [-0.05, 0) is 23.5 Å². The lowest BCUT2D eigenvalue weighted by molar-refractivity contribution is -0.145. The van der Waals surface area contributed by atoms with Gasteiger partial charge in [0.25, 0.3) is 0 Å². The lowest BCUT2D eigenvalue weighted by atomic mass is 9.75.